The Hall–Kier alpha value is -8.99. The van der Waals surface area contributed by atoms with E-state index in [0.717, 1.165) is 36.5 Å². The Morgan fingerprint density at radius 2 is 0.698 bits per heavy atom. The number of nitro benzene ring substituents is 2. The summed E-state index contributed by atoms with van der Waals surface area (Å²) in [5, 5.41) is 22.0. The van der Waals surface area contributed by atoms with Gasteiger partial charge in [0.05, 0.1) is 72.6 Å². The van der Waals surface area contributed by atoms with E-state index in [-0.39, 0.29) is 114 Å². The van der Waals surface area contributed by atoms with Crippen LogP contribution in [-0.4, -0.2) is 168 Å². The number of carbonyl (C=O) groups is 11. The summed E-state index contributed by atoms with van der Waals surface area (Å²) in [7, 11) is 0. The Bertz CT molecular complexity index is 3970. The van der Waals surface area contributed by atoms with Gasteiger partial charge in [-0.15, -0.1) is 0 Å². The molecule has 2 atom stereocenters. The summed E-state index contributed by atoms with van der Waals surface area (Å²) >= 11 is 0. The number of nitro groups is 2. The zero-order valence-corrected chi connectivity index (χ0v) is 81.2. The molecule has 30 heteroatoms. The summed E-state index contributed by atoms with van der Waals surface area (Å²) in [6.45, 7) is 45.3. The first-order valence-electron chi connectivity index (χ1n) is 47.5. The number of hydrogen-bond donors (Lipinski definition) is 0. The molecule has 12 fully saturated rings. The van der Waals surface area contributed by atoms with Crippen LogP contribution >= 0.6 is 0 Å². The van der Waals surface area contributed by atoms with Gasteiger partial charge >= 0.3 is 65.9 Å². The van der Waals surface area contributed by atoms with Gasteiger partial charge in [-0.3, -0.25) is 53.8 Å². The monoisotopic (exact) mass is 1810 g/mol. The molecule has 2 aromatic rings. The van der Waals surface area contributed by atoms with Crippen LogP contribution in [0.15, 0.2) is 48.5 Å². The maximum absolute atomic E-state index is 12.8. The maximum atomic E-state index is 12.8. The molecule has 2 aromatic carbocycles. The summed E-state index contributed by atoms with van der Waals surface area (Å²) in [6.07, 6.45) is 17.9. The van der Waals surface area contributed by atoms with Crippen LogP contribution in [0.3, 0.4) is 0 Å². The molecule has 14 rings (SSSR count). The van der Waals surface area contributed by atoms with Crippen molar-refractivity contribution in [3.8, 4) is 0 Å². The molecule has 30 nitrogen and oxygen atoms in total. The molecule has 0 N–H and O–H groups in total. The number of rotatable bonds is 29. The van der Waals surface area contributed by atoms with Crippen molar-refractivity contribution < 1.29 is 115 Å². The summed E-state index contributed by atoms with van der Waals surface area (Å²) in [6, 6.07) is 12.2. The number of cyclic esters (lactones) is 2. The second-order valence-corrected chi connectivity index (χ2v) is 41.6. The van der Waals surface area contributed by atoms with E-state index in [2.05, 4.69) is 41.5 Å². The predicted octanol–water partition coefficient (Wildman–Crippen LogP) is 19.3. The van der Waals surface area contributed by atoms with Gasteiger partial charge in [0.25, 0.3) is 11.4 Å². The van der Waals surface area contributed by atoms with Gasteiger partial charge in [0, 0.05) is 64.0 Å². The van der Waals surface area contributed by atoms with Crippen LogP contribution in [0.25, 0.3) is 0 Å². The number of ether oxygens (including phenoxy) is 11. The minimum absolute atomic E-state index is 0.00476. The molecule has 2 unspecified atom stereocenters. The highest BCUT2D eigenvalue weighted by Crippen LogP contribution is 2.64. The fourth-order valence-corrected chi connectivity index (χ4v) is 18.9. The lowest BCUT2D eigenvalue weighted by molar-refractivity contribution is -0.386. The van der Waals surface area contributed by atoms with Gasteiger partial charge in [0.1, 0.15) is 43.7 Å². The molecule has 4 heterocycles. The fourth-order valence-electron chi connectivity index (χ4n) is 18.9. The summed E-state index contributed by atoms with van der Waals surface area (Å²) in [5.41, 5.74) is -2.70. The van der Waals surface area contributed by atoms with Crippen molar-refractivity contribution in [2.24, 2.45) is 97.6 Å². The number of esters is 9. The molecule has 129 heavy (non-hydrogen) atoms. The summed E-state index contributed by atoms with van der Waals surface area (Å²) < 4.78 is 58.6. The fraction of sp³-hybridized carbons (Fsp3) is 0.768. The topological polar surface area (TPSA) is 382 Å². The van der Waals surface area contributed by atoms with E-state index in [1.165, 1.54) is 92.2 Å². The molecule has 8 saturated carbocycles. The first-order valence-corrected chi connectivity index (χ1v) is 47.5. The molecule has 4 saturated heterocycles. The third-order valence-electron chi connectivity index (χ3n) is 29.8. The molecule has 0 aromatic heterocycles. The molecule has 2 amide bonds. The number of benzene rings is 2. The van der Waals surface area contributed by atoms with Crippen molar-refractivity contribution in [1.29, 1.82) is 0 Å². The van der Waals surface area contributed by atoms with Gasteiger partial charge in [-0.2, -0.15) is 0 Å². The Balaban J connectivity index is 0.000000217. The number of piperidine rings is 2. The average Bonchev–Trinajstić information content (AvgIpc) is 1.18. The van der Waals surface area contributed by atoms with Crippen LogP contribution in [0.5, 0.6) is 0 Å². The largest absolute Gasteiger partial charge is 0.463 e. The van der Waals surface area contributed by atoms with Crippen LogP contribution in [0.1, 0.15) is 305 Å². The molecular weight excluding hydrogens is 1660 g/mol. The molecule has 12 aliphatic rings. The second-order valence-electron chi connectivity index (χ2n) is 41.6. The van der Waals surface area contributed by atoms with E-state index in [0.29, 0.717) is 150 Å². The Labute approximate surface area is 764 Å². The average molecular weight is 1810 g/mol. The van der Waals surface area contributed by atoms with Crippen molar-refractivity contribution in [1.82, 2.24) is 9.80 Å². The van der Waals surface area contributed by atoms with E-state index >= 15 is 0 Å². The van der Waals surface area contributed by atoms with Crippen LogP contribution in [0.2, 0.25) is 0 Å². The van der Waals surface area contributed by atoms with Gasteiger partial charge in [0.2, 0.25) is 12.2 Å². The van der Waals surface area contributed by atoms with Crippen LogP contribution in [0, 0.1) is 118 Å². The zero-order valence-electron chi connectivity index (χ0n) is 81.2. The Morgan fingerprint density at radius 3 is 1.00 bits per heavy atom. The lowest BCUT2D eigenvalue weighted by Crippen LogP contribution is -2.63. The minimum Gasteiger partial charge on any atom is -0.463 e. The lowest BCUT2D eigenvalue weighted by Gasteiger charge is -2.62. The van der Waals surface area contributed by atoms with E-state index in [1.807, 2.05) is 69.2 Å². The number of nitrogens with zero attached hydrogens (tertiary/aromatic N) is 4. The highest BCUT2D eigenvalue weighted by atomic mass is 16.6. The number of likely N-dealkylation sites (tertiary alicyclic amines) is 2. The van der Waals surface area contributed by atoms with Crippen molar-refractivity contribution in [3.63, 3.8) is 0 Å². The predicted molar refractivity (Wildman–Crippen MR) is 480 cm³/mol. The third-order valence-corrected chi connectivity index (χ3v) is 29.8. The third kappa shape index (κ3) is 27.8. The van der Waals surface area contributed by atoms with Gasteiger partial charge in [-0.1, -0.05) is 93.5 Å². The number of amides is 2. The SMILES string of the molecule is CCC(C)(C)C(=O)OC1(C(C)C)C2CC3CC(C2)CC1C3.CCC(C)(C)C(=O)OC1(C(C)C)C2CC3CC(C2)CC1C3.CCC(C)(C)C(=O)OC1CCN(C(=O)OCc2ccccc2[N+](=O)[O-])CC1.CCC(C)(C)C(=O)OC1CCOC1=O.CCC(C)(C)C(=O)OC1CCOC1=O.CCC(C)(C)C(=O)OCCOC(=O)C1CCN(C(=O)OCc2ccccc2[N+](=O)[O-])CC1. The Morgan fingerprint density at radius 1 is 0.403 bits per heavy atom. The van der Waals surface area contributed by atoms with Crippen LogP contribution in [-0.2, 0) is 108 Å². The molecular formula is C99H152N4O26. The van der Waals surface area contributed by atoms with Gasteiger partial charge in [0.15, 0.2) is 0 Å². The molecule has 4 aliphatic heterocycles. The second kappa shape index (κ2) is 46.4. The Kier molecular flexibility index (Phi) is 38.5. The molecule has 724 valence electrons. The van der Waals surface area contributed by atoms with Crippen molar-refractivity contribution >= 4 is 77.3 Å². The summed E-state index contributed by atoms with van der Waals surface area (Å²) in [4.78, 5) is 156. The van der Waals surface area contributed by atoms with Crippen LogP contribution < -0.4 is 0 Å². The zero-order chi connectivity index (χ0) is 96.1. The summed E-state index contributed by atoms with van der Waals surface area (Å²) in [5.74, 6) is 4.26. The quantitative estimate of drug-likeness (QED) is 0.0240. The number of para-hydroxylation sites is 2. The van der Waals surface area contributed by atoms with E-state index in [1.54, 1.807) is 71.9 Å². The lowest BCUT2D eigenvalue weighted by atomic mass is 9.47. The smallest absolute Gasteiger partial charge is 0.410 e. The maximum Gasteiger partial charge on any atom is 0.410 e. The van der Waals surface area contributed by atoms with E-state index in [4.69, 9.17) is 52.1 Å². The van der Waals surface area contributed by atoms with Gasteiger partial charge in [-0.25, -0.2) is 19.2 Å². The molecule has 8 aliphatic carbocycles. The van der Waals surface area contributed by atoms with Crippen LogP contribution in [0.4, 0.5) is 21.0 Å². The number of carbonyl (C=O) groups excluding carboxylic acids is 11. The van der Waals surface area contributed by atoms with Crippen molar-refractivity contribution in [2.75, 3.05) is 52.6 Å². The first-order chi connectivity index (χ1) is 60.4. The normalized spacial score (nSPS) is 25.1. The molecule has 0 radical (unpaired) electrons. The van der Waals surface area contributed by atoms with Gasteiger partial charge in [-0.05, 0) is 270 Å². The van der Waals surface area contributed by atoms with E-state index in [9.17, 15) is 73.0 Å². The van der Waals surface area contributed by atoms with Gasteiger partial charge < -0.3 is 61.9 Å². The van der Waals surface area contributed by atoms with Crippen molar-refractivity contribution in [3.05, 3.63) is 79.9 Å². The highest BCUT2D eigenvalue weighted by molar-refractivity contribution is 5.84. The minimum atomic E-state index is -0.687. The number of hydrogen-bond acceptors (Lipinski definition) is 26. The highest BCUT2D eigenvalue weighted by Gasteiger charge is 2.63. The standard InChI is InChI=1S/C22H30N2O8.C19H26N2O6.2C19H32O2.2C10H16O4/c1-4-22(2,3)20(26)31-14-13-30-19(25)16-9-11-23(12-10-16)21(27)32-15-17-7-5-6-8-18(17)24(28)29;1-4-19(2,3)17(22)27-15-9-11-20(12-10-15)18(23)26-13-14-7-5-6-8-16(14)21(24)25;2*1-6-18(4,5)17(20)21-19(12(2)3)15-8-13-7-14(10-15)11-16(19)9-13;2*1-4-10(2,3)9(12)14-7-5-6-13-8(7)11/h5-8,16H,4,9-15H2,1-3H3;5-8,15H,4,9-13H2,1-3H3;2*12-16H,6-11H2,1-5H3;2*7H,4-6H2,1-3H3. The van der Waals surface area contributed by atoms with Crippen molar-refractivity contribution in [2.45, 2.75) is 336 Å². The first kappa shape index (κ1) is 107. The molecule has 8 bridgehead atoms. The molecule has 0 spiro atoms. The van der Waals surface area contributed by atoms with E-state index < -0.39 is 67.8 Å².